The fourth-order valence-corrected chi connectivity index (χ4v) is 2.48. The standard InChI is InChI=1S/C17H13N3O6/c1-10-4-5-11(8-14(10)20(24)25)7-13-15(21)18-17(23)19(16(13)22)9-12-3-2-6-26-12/h2-8H,9H2,1H3,(H,18,21,23)/b13-7+. The molecule has 0 aliphatic carbocycles. The summed E-state index contributed by atoms with van der Waals surface area (Å²) in [5, 5.41) is 13.1. The minimum absolute atomic E-state index is 0.133. The van der Waals surface area contributed by atoms with Crippen LogP contribution in [0.5, 0.6) is 0 Å². The number of hydrogen-bond acceptors (Lipinski definition) is 6. The third kappa shape index (κ3) is 3.22. The molecular formula is C17H13N3O6. The second kappa shape index (κ2) is 6.63. The number of nitrogens with zero attached hydrogens (tertiary/aromatic N) is 2. The third-order valence-corrected chi connectivity index (χ3v) is 3.82. The van der Waals surface area contributed by atoms with Crippen molar-refractivity contribution in [2.24, 2.45) is 0 Å². The first kappa shape index (κ1) is 17.1. The van der Waals surface area contributed by atoms with Gasteiger partial charge < -0.3 is 4.42 Å². The maximum Gasteiger partial charge on any atom is 0.331 e. The molecule has 3 rings (SSSR count). The SMILES string of the molecule is Cc1ccc(/C=C2\C(=O)NC(=O)N(Cc3ccco3)C2=O)cc1[N+](=O)[O-]. The van der Waals surface area contributed by atoms with E-state index in [-0.39, 0.29) is 17.8 Å². The zero-order valence-corrected chi connectivity index (χ0v) is 13.6. The van der Waals surface area contributed by atoms with Gasteiger partial charge in [-0.2, -0.15) is 0 Å². The Balaban J connectivity index is 1.95. The summed E-state index contributed by atoms with van der Waals surface area (Å²) in [5.41, 5.74) is 0.320. The normalized spacial score (nSPS) is 16.1. The van der Waals surface area contributed by atoms with E-state index in [1.807, 2.05) is 0 Å². The highest BCUT2D eigenvalue weighted by molar-refractivity contribution is 6.30. The molecule has 4 amide bonds. The van der Waals surface area contributed by atoms with Gasteiger partial charge >= 0.3 is 6.03 Å². The van der Waals surface area contributed by atoms with Gasteiger partial charge in [0.15, 0.2) is 0 Å². The molecule has 1 N–H and O–H groups in total. The number of barbiturate groups is 1. The van der Waals surface area contributed by atoms with Crippen LogP contribution in [0.25, 0.3) is 6.08 Å². The molecule has 0 spiro atoms. The van der Waals surface area contributed by atoms with Crippen molar-refractivity contribution in [2.45, 2.75) is 13.5 Å². The molecule has 132 valence electrons. The number of carbonyl (C=O) groups excluding carboxylic acids is 3. The summed E-state index contributed by atoms with van der Waals surface area (Å²) in [6.07, 6.45) is 2.61. The number of benzene rings is 1. The van der Waals surface area contributed by atoms with Crippen molar-refractivity contribution in [3.05, 3.63) is 69.2 Å². The number of aryl methyl sites for hydroxylation is 1. The number of imide groups is 2. The Morgan fingerprint density at radius 3 is 2.69 bits per heavy atom. The van der Waals surface area contributed by atoms with Crippen LogP contribution in [0.3, 0.4) is 0 Å². The van der Waals surface area contributed by atoms with E-state index >= 15 is 0 Å². The van der Waals surface area contributed by atoms with Crippen molar-refractivity contribution in [1.29, 1.82) is 0 Å². The second-order valence-corrected chi connectivity index (χ2v) is 5.59. The number of amides is 4. The summed E-state index contributed by atoms with van der Waals surface area (Å²) >= 11 is 0. The number of nitro groups is 1. The van der Waals surface area contributed by atoms with Crippen LogP contribution in [0.1, 0.15) is 16.9 Å². The largest absolute Gasteiger partial charge is 0.467 e. The number of carbonyl (C=O) groups is 3. The van der Waals surface area contributed by atoms with Gasteiger partial charge in [0, 0.05) is 11.6 Å². The van der Waals surface area contributed by atoms with Gasteiger partial charge in [-0.15, -0.1) is 0 Å². The van der Waals surface area contributed by atoms with Crippen molar-refractivity contribution < 1.29 is 23.7 Å². The Morgan fingerprint density at radius 2 is 2.04 bits per heavy atom. The van der Waals surface area contributed by atoms with Crippen LogP contribution in [0, 0.1) is 17.0 Å². The first-order valence-electron chi connectivity index (χ1n) is 7.53. The number of nitrogens with one attached hydrogen (secondary N) is 1. The van der Waals surface area contributed by atoms with Gasteiger partial charge in [-0.1, -0.05) is 12.1 Å². The molecule has 26 heavy (non-hydrogen) atoms. The number of nitro benzene ring substituents is 1. The van der Waals surface area contributed by atoms with Crippen LogP contribution < -0.4 is 5.32 Å². The molecule has 0 atom stereocenters. The smallest absolute Gasteiger partial charge is 0.331 e. The molecule has 2 aromatic rings. The van der Waals surface area contributed by atoms with Gasteiger partial charge in [0.25, 0.3) is 17.5 Å². The van der Waals surface area contributed by atoms with Crippen LogP contribution in [0.2, 0.25) is 0 Å². The molecule has 0 bridgehead atoms. The predicted molar refractivity (Wildman–Crippen MR) is 88.6 cm³/mol. The Morgan fingerprint density at radius 1 is 1.27 bits per heavy atom. The lowest BCUT2D eigenvalue weighted by Crippen LogP contribution is -2.53. The zero-order chi connectivity index (χ0) is 18.8. The number of urea groups is 1. The van der Waals surface area contributed by atoms with Gasteiger partial charge in [0.2, 0.25) is 0 Å². The molecule has 9 heteroatoms. The van der Waals surface area contributed by atoms with Crippen molar-refractivity contribution in [3.8, 4) is 0 Å². The first-order chi connectivity index (χ1) is 12.4. The first-order valence-corrected chi connectivity index (χ1v) is 7.53. The van der Waals surface area contributed by atoms with E-state index in [1.54, 1.807) is 25.1 Å². The molecule has 1 fully saturated rings. The summed E-state index contributed by atoms with van der Waals surface area (Å²) in [5.74, 6) is -1.30. The second-order valence-electron chi connectivity index (χ2n) is 5.59. The highest BCUT2D eigenvalue weighted by atomic mass is 16.6. The van der Waals surface area contributed by atoms with E-state index < -0.39 is 22.8 Å². The average molecular weight is 355 g/mol. The molecule has 1 aliphatic rings. The Kier molecular flexibility index (Phi) is 4.36. The van der Waals surface area contributed by atoms with Crippen molar-refractivity contribution in [1.82, 2.24) is 10.2 Å². The molecule has 9 nitrogen and oxygen atoms in total. The Labute approximate surface area is 147 Å². The van der Waals surface area contributed by atoms with Crippen molar-refractivity contribution in [2.75, 3.05) is 0 Å². The molecular weight excluding hydrogens is 342 g/mol. The topological polar surface area (TPSA) is 123 Å². The molecule has 0 unspecified atom stereocenters. The lowest BCUT2D eigenvalue weighted by Gasteiger charge is -2.25. The van der Waals surface area contributed by atoms with Crippen LogP contribution in [-0.4, -0.2) is 27.7 Å². The molecule has 0 radical (unpaired) electrons. The quantitative estimate of drug-likeness (QED) is 0.388. The summed E-state index contributed by atoms with van der Waals surface area (Å²) < 4.78 is 5.12. The molecule has 0 saturated carbocycles. The van der Waals surface area contributed by atoms with Crippen LogP contribution in [-0.2, 0) is 16.1 Å². The fraction of sp³-hybridized carbons (Fsp3) is 0.118. The van der Waals surface area contributed by atoms with E-state index in [2.05, 4.69) is 5.32 Å². The van der Waals surface area contributed by atoms with Gasteiger partial charge in [-0.25, -0.2) is 4.79 Å². The summed E-state index contributed by atoms with van der Waals surface area (Å²) in [7, 11) is 0. The van der Waals surface area contributed by atoms with Gasteiger partial charge in [0.05, 0.1) is 17.7 Å². The molecule has 1 aliphatic heterocycles. The van der Waals surface area contributed by atoms with Crippen LogP contribution >= 0.6 is 0 Å². The van der Waals surface area contributed by atoms with E-state index in [9.17, 15) is 24.5 Å². The maximum atomic E-state index is 12.6. The third-order valence-electron chi connectivity index (χ3n) is 3.82. The molecule has 1 saturated heterocycles. The van der Waals surface area contributed by atoms with Crippen LogP contribution in [0.4, 0.5) is 10.5 Å². The highest BCUT2D eigenvalue weighted by Gasteiger charge is 2.36. The molecule has 1 aromatic heterocycles. The Bertz CT molecular complexity index is 945. The monoisotopic (exact) mass is 355 g/mol. The van der Waals surface area contributed by atoms with Gasteiger partial charge in [-0.05, 0) is 30.7 Å². The minimum Gasteiger partial charge on any atom is -0.467 e. The lowest BCUT2D eigenvalue weighted by molar-refractivity contribution is -0.385. The van der Waals surface area contributed by atoms with E-state index in [0.29, 0.717) is 16.9 Å². The zero-order valence-electron chi connectivity index (χ0n) is 13.6. The van der Waals surface area contributed by atoms with E-state index in [0.717, 1.165) is 4.90 Å². The highest BCUT2D eigenvalue weighted by Crippen LogP contribution is 2.22. The fourth-order valence-electron chi connectivity index (χ4n) is 2.48. The predicted octanol–water partition coefficient (Wildman–Crippen LogP) is 2.16. The van der Waals surface area contributed by atoms with Crippen molar-refractivity contribution >= 4 is 29.6 Å². The number of hydrogen-bond donors (Lipinski definition) is 1. The maximum absolute atomic E-state index is 12.6. The summed E-state index contributed by atoms with van der Waals surface area (Å²) in [4.78, 5) is 47.9. The minimum atomic E-state index is -0.862. The van der Waals surface area contributed by atoms with Crippen LogP contribution in [0.15, 0.2) is 46.6 Å². The Hall–Kier alpha value is -3.75. The number of rotatable bonds is 4. The molecule has 1 aromatic carbocycles. The van der Waals surface area contributed by atoms with E-state index in [1.165, 1.54) is 24.5 Å². The van der Waals surface area contributed by atoms with E-state index in [4.69, 9.17) is 4.42 Å². The van der Waals surface area contributed by atoms with Gasteiger partial charge in [-0.3, -0.25) is 29.9 Å². The summed E-state index contributed by atoms with van der Waals surface area (Å²) in [6.45, 7) is 1.44. The van der Waals surface area contributed by atoms with Gasteiger partial charge in [0.1, 0.15) is 11.3 Å². The number of furan rings is 1. The average Bonchev–Trinajstić information content (AvgIpc) is 3.09. The lowest BCUT2D eigenvalue weighted by atomic mass is 10.0. The summed E-state index contributed by atoms with van der Waals surface area (Å²) in [6, 6.07) is 6.66. The molecule has 2 heterocycles. The van der Waals surface area contributed by atoms with Crippen molar-refractivity contribution in [3.63, 3.8) is 0 Å².